The molecule has 0 saturated carbocycles. The Kier molecular flexibility index (Phi) is 4.74. The van der Waals surface area contributed by atoms with Crippen molar-refractivity contribution in [1.82, 2.24) is 0 Å². The van der Waals surface area contributed by atoms with Crippen molar-refractivity contribution in [2.75, 3.05) is 25.1 Å². The van der Waals surface area contributed by atoms with E-state index in [2.05, 4.69) is 4.74 Å². The molecule has 0 aromatic heterocycles. The molecule has 8 heteroatoms. The Morgan fingerprint density at radius 3 is 2.58 bits per heavy atom. The van der Waals surface area contributed by atoms with Gasteiger partial charge in [0.25, 0.3) is 0 Å². The highest BCUT2D eigenvalue weighted by molar-refractivity contribution is 5.77. The van der Waals surface area contributed by atoms with Crippen LogP contribution in [0.15, 0.2) is 12.1 Å². The number of carbonyl (C=O) groups is 1. The van der Waals surface area contributed by atoms with Gasteiger partial charge in [-0.25, -0.2) is 4.39 Å². The maximum atomic E-state index is 13.5. The monoisotopic (exact) mass is 274 g/mol. The van der Waals surface area contributed by atoms with Crippen LogP contribution in [-0.2, 0) is 9.53 Å². The van der Waals surface area contributed by atoms with Crippen LogP contribution in [0, 0.1) is 21.7 Å². The fraction of sp³-hybridized carbons (Fsp3) is 0.364. The number of methoxy groups -OCH3 is 1. The smallest absolute Gasteiger partial charge is 0.328 e. The second-order valence-electron chi connectivity index (χ2n) is 3.60. The first-order valence-corrected chi connectivity index (χ1v) is 5.35. The zero-order valence-electron chi connectivity index (χ0n) is 10.4. The Morgan fingerprint density at radius 1 is 1.47 bits per heavy atom. The molecule has 0 heterocycles. The van der Waals surface area contributed by atoms with Crippen LogP contribution < -0.4 is 4.90 Å². The molecule has 0 aliphatic heterocycles. The first-order valence-electron chi connectivity index (χ1n) is 5.35. The summed E-state index contributed by atoms with van der Waals surface area (Å²) < 4.78 is 31.1. The molecule has 0 aliphatic rings. The van der Waals surface area contributed by atoms with E-state index in [0.717, 1.165) is 18.1 Å². The summed E-state index contributed by atoms with van der Waals surface area (Å²) in [6.45, 7) is 1.41. The molecular weight excluding hydrogens is 262 g/mol. The standard InChI is InChI=1S/C11H12F2N2O4/c1-3-14(6-10(16)19-2)9-5-7(12)4-8(13)11(9)15(17)18/h4-5H,3,6H2,1-2H3. The lowest BCUT2D eigenvalue weighted by Gasteiger charge is -2.21. The van der Waals surface area contributed by atoms with Crippen LogP contribution in [0.4, 0.5) is 20.2 Å². The number of hydrogen-bond donors (Lipinski definition) is 0. The first-order chi connectivity index (χ1) is 8.90. The molecule has 0 unspecified atom stereocenters. The van der Waals surface area contributed by atoms with E-state index < -0.39 is 28.2 Å². The first kappa shape index (κ1) is 14.8. The van der Waals surface area contributed by atoms with Crippen LogP contribution in [0.25, 0.3) is 0 Å². The number of halogens is 2. The third-order valence-electron chi connectivity index (χ3n) is 2.46. The number of anilines is 1. The van der Waals surface area contributed by atoms with E-state index >= 15 is 0 Å². The summed E-state index contributed by atoms with van der Waals surface area (Å²) in [5, 5.41) is 10.8. The van der Waals surface area contributed by atoms with Gasteiger partial charge in [0.05, 0.1) is 12.0 Å². The lowest BCUT2D eigenvalue weighted by atomic mass is 10.2. The average Bonchev–Trinajstić information content (AvgIpc) is 2.33. The molecule has 0 spiro atoms. The number of rotatable bonds is 5. The van der Waals surface area contributed by atoms with Gasteiger partial charge in [-0.3, -0.25) is 14.9 Å². The molecule has 0 atom stereocenters. The van der Waals surface area contributed by atoms with E-state index in [0.29, 0.717) is 6.07 Å². The SMILES string of the molecule is CCN(CC(=O)OC)c1cc(F)cc(F)c1[N+](=O)[O-]. The molecule has 0 amide bonds. The number of likely N-dealkylation sites (N-methyl/N-ethyl adjacent to an activating group) is 1. The Hall–Kier alpha value is -2.25. The second kappa shape index (κ2) is 6.07. The number of benzene rings is 1. The number of nitro groups is 1. The zero-order valence-corrected chi connectivity index (χ0v) is 10.4. The highest BCUT2D eigenvalue weighted by atomic mass is 19.1. The number of nitrogens with zero attached hydrogens (tertiary/aromatic N) is 2. The van der Waals surface area contributed by atoms with Crippen molar-refractivity contribution in [2.24, 2.45) is 0 Å². The quantitative estimate of drug-likeness (QED) is 0.465. The predicted molar refractivity (Wildman–Crippen MR) is 62.9 cm³/mol. The summed E-state index contributed by atoms with van der Waals surface area (Å²) >= 11 is 0. The van der Waals surface area contributed by atoms with Gasteiger partial charge in [0.2, 0.25) is 5.82 Å². The van der Waals surface area contributed by atoms with E-state index in [4.69, 9.17) is 0 Å². The Labute approximate surface area is 107 Å². The summed E-state index contributed by atoms with van der Waals surface area (Å²) in [6, 6.07) is 1.24. The number of hydrogen-bond acceptors (Lipinski definition) is 5. The van der Waals surface area contributed by atoms with Crippen LogP contribution in [0.3, 0.4) is 0 Å². The zero-order chi connectivity index (χ0) is 14.6. The van der Waals surface area contributed by atoms with Crippen LogP contribution in [0.1, 0.15) is 6.92 Å². The number of nitro benzene ring substituents is 1. The fourth-order valence-corrected chi connectivity index (χ4v) is 1.56. The van der Waals surface area contributed by atoms with E-state index in [1.165, 1.54) is 0 Å². The van der Waals surface area contributed by atoms with Gasteiger partial charge < -0.3 is 9.64 Å². The third-order valence-corrected chi connectivity index (χ3v) is 2.46. The molecule has 1 aromatic carbocycles. The van der Waals surface area contributed by atoms with Crippen molar-refractivity contribution in [1.29, 1.82) is 0 Å². The summed E-state index contributed by atoms with van der Waals surface area (Å²) in [5.74, 6) is -2.91. The maximum absolute atomic E-state index is 13.5. The fourth-order valence-electron chi connectivity index (χ4n) is 1.56. The van der Waals surface area contributed by atoms with Gasteiger partial charge in [-0.05, 0) is 6.92 Å². The summed E-state index contributed by atoms with van der Waals surface area (Å²) in [7, 11) is 1.15. The lowest BCUT2D eigenvalue weighted by Crippen LogP contribution is -2.31. The van der Waals surface area contributed by atoms with E-state index in [9.17, 15) is 23.7 Å². The lowest BCUT2D eigenvalue weighted by molar-refractivity contribution is -0.386. The van der Waals surface area contributed by atoms with Gasteiger partial charge >= 0.3 is 11.7 Å². The summed E-state index contributed by atoms with van der Waals surface area (Å²) in [4.78, 5) is 22.2. The van der Waals surface area contributed by atoms with E-state index in [1.807, 2.05) is 0 Å². The van der Waals surface area contributed by atoms with Crippen molar-refractivity contribution in [3.05, 3.63) is 33.9 Å². The van der Waals surface area contributed by atoms with Crippen molar-refractivity contribution in [3.8, 4) is 0 Å². The Balaban J connectivity index is 3.29. The van der Waals surface area contributed by atoms with Gasteiger partial charge in [0.15, 0.2) is 0 Å². The molecule has 1 aromatic rings. The summed E-state index contributed by atoms with van der Waals surface area (Å²) in [6.07, 6.45) is 0. The minimum Gasteiger partial charge on any atom is -0.468 e. The van der Waals surface area contributed by atoms with Crippen molar-refractivity contribution in [2.45, 2.75) is 6.92 Å². The highest BCUT2D eigenvalue weighted by Crippen LogP contribution is 2.31. The molecule has 19 heavy (non-hydrogen) atoms. The van der Waals surface area contributed by atoms with Gasteiger partial charge in [0.1, 0.15) is 18.0 Å². The van der Waals surface area contributed by atoms with Crippen LogP contribution in [0.5, 0.6) is 0 Å². The van der Waals surface area contributed by atoms with Gasteiger partial charge in [0, 0.05) is 18.7 Å². The second-order valence-corrected chi connectivity index (χ2v) is 3.60. The Morgan fingerprint density at radius 2 is 2.11 bits per heavy atom. The normalized spacial score (nSPS) is 10.1. The molecule has 0 bridgehead atoms. The summed E-state index contributed by atoms with van der Waals surface area (Å²) in [5.41, 5.74) is -1.16. The molecule has 0 fully saturated rings. The largest absolute Gasteiger partial charge is 0.468 e. The van der Waals surface area contributed by atoms with Crippen LogP contribution in [-0.4, -0.2) is 31.1 Å². The number of carbonyl (C=O) groups excluding carboxylic acids is 1. The Bertz CT molecular complexity index is 508. The van der Waals surface area contributed by atoms with Crippen LogP contribution >= 0.6 is 0 Å². The molecule has 1 rings (SSSR count). The molecule has 6 nitrogen and oxygen atoms in total. The van der Waals surface area contributed by atoms with Crippen molar-refractivity contribution in [3.63, 3.8) is 0 Å². The number of ether oxygens (including phenoxy) is 1. The molecular formula is C11H12F2N2O4. The number of esters is 1. The highest BCUT2D eigenvalue weighted by Gasteiger charge is 2.26. The third kappa shape index (κ3) is 3.36. The van der Waals surface area contributed by atoms with E-state index in [1.54, 1.807) is 6.92 Å². The van der Waals surface area contributed by atoms with Gasteiger partial charge in [-0.1, -0.05) is 0 Å². The van der Waals surface area contributed by atoms with Crippen molar-refractivity contribution >= 4 is 17.3 Å². The molecule has 0 N–H and O–H groups in total. The molecule has 0 saturated heterocycles. The molecule has 104 valence electrons. The van der Waals surface area contributed by atoms with E-state index in [-0.39, 0.29) is 18.8 Å². The minimum atomic E-state index is -1.29. The molecule has 0 aliphatic carbocycles. The molecule has 0 radical (unpaired) electrons. The topological polar surface area (TPSA) is 72.7 Å². The average molecular weight is 274 g/mol. The van der Waals surface area contributed by atoms with Gasteiger partial charge in [-0.15, -0.1) is 0 Å². The van der Waals surface area contributed by atoms with Crippen LogP contribution in [0.2, 0.25) is 0 Å². The maximum Gasteiger partial charge on any atom is 0.328 e. The minimum absolute atomic E-state index is 0.152. The van der Waals surface area contributed by atoms with Crippen molar-refractivity contribution < 1.29 is 23.2 Å². The van der Waals surface area contributed by atoms with Gasteiger partial charge in [-0.2, -0.15) is 4.39 Å². The predicted octanol–water partition coefficient (Wildman–Crippen LogP) is 1.87.